The summed E-state index contributed by atoms with van der Waals surface area (Å²) in [6.45, 7) is 7.33. The second kappa shape index (κ2) is 6.75. The van der Waals surface area contributed by atoms with Gasteiger partial charge in [0.05, 0.1) is 5.56 Å². The predicted molar refractivity (Wildman–Crippen MR) is 91.6 cm³/mol. The lowest BCUT2D eigenvalue weighted by molar-refractivity contribution is 0.0698. The fraction of sp³-hybridized carbons (Fsp3) is 0.474. The van der Waals surface area contributed by atoms with Gasteiger partial charge in [0.2, 0.25) is 0 Å². The van der Waals surface area contributed by atoms with E-state index in [2.05, 4.69) is 23.4 Å². The van der Waals surface area contributed by atoms with Gasteiger partial charge in [-0.05, 0) is 51.3 Å². The molecular formula is C19H24FN3O. The number of carbonyl (C=O) groups is 1. The molecule has 1 saturated heterocycles. The fourth-order valence-electron chi connectivity index (χ4n) is 3.41. The Morgan fingerprint density at radius 1 is 1.38 bits per heavy atom. The van der Waals surface area contributed by atoms with Gasteiger partial charge in [0.15, 0.2) is 0 Å². The number of piperidine rings is 1. The highest BCUT2D eigenvalue weighted by atomic mass is 19.1. The van der Waals surface area contributed by atoms with Gasteiger partial charge in [-0.25, -0.2) is 9.37 Å². The molecule has 1 fully saturated rings. The van der Waals surface area contributed by atoms with Gasteiger partial charge in [-0.1, -0.05) is 6.07 Å². The first-order valence-electron chi connectivity index (χ1n) is 8.55. The molecule has 2 heterocycles. The van der Waals surface area contributed by atoms with Crippen LogP contribution in [-0.4, -0.2) is 33.4 Å². The molecule has 5 heteroatoms. The number of halogens is 1. The first kappa shape index (κ1) is 16.7. The summed E-state index contributed by atoms with van der Waals surface area (Å²) in [6, 6.07) is 5.12. The van der Waals surface area contributed by atoms with Crippen molar-refractivity contribution in [2.24, 2.45) is 0 Å². The van der Waals surface area contributed by atoms with E-state index < -0.39 is 5.82 Å². The van der Waals surface area contributed by atoms with Gasteiger partial charge in [-0.2, -0.15) is 0 Å². The molecule has 4 nitrogen and oxygen atoms in total. The Morgan fingerprint density at radius 3 is 2.88 bits per heavy atom. The van der Waals surface area contributed by atoms with Crippen LogP contribution in [0.25, 0.3) is 0 Å². The number of aromatic nitrogens is 2. The minimum absolute atomic E-state index is 0.161. The van der Waals surface area contributed by atoms with E-state index in [1.807, 2.05) is 19.3 Å². The SMILES string of the molecule is Cc1ccc(C(=O)N2CCC[C@H](c3nccn3C(C)C)C2)c(F)c1. The Morgan fingerprint density at radius 2 is 2.17 bits per heavy atom. The van der Waals surface area contributed by atoms with Crippen molar-refractivity contribution >= 4 is 5.91 Å². The van der Waals surface area contributed by atoms with Crippen molar-refractivity contribution in [2.45, 2.75) is 45.6 Å². The number of amides is 1. The van der Waals surface area contributed by atoms with Gasteiger partial charge in [-0.3, -0.25) is 4.79 Å². The zero-order valence-electron chi connectivity index (χ0n) is 14.5. The molecule has 1 aliphatic heterocycles. The van der Waals surface area contributed by atoms with Crippen LogP contribution < -0.4 is 0 Å². The molecule has 24 heavy (non-hydrogen) atoms. The average molecular weight is 329 g/mol. The van der Waals surface area contributed by atoms with Crippen molar-refractivity contribution in [3.05, 3.63) is 53.4 Å². The lowest BCUT2D eigenvalue weighted by Crippen LogP contribution is -2.40. The minimum Gasteiger partial charge on any atom is -0.338 e. The highest BCUT2D eigenvalue weighted by molar-refractivity contribution is 5.94. The van der Waals surface area contributed by atoms with Crippen LogP contribution in [0.3, 0.4) is 0 Å². The maximum absolute atomic E-state index is 14.1. The van der Waals surface area contributed by atoms with Gasteiger partial charge < -0.3 is 9.47 Å². The molecule has 0 bridgehead atoms. The molecule has 0 spiro atoms. The summed E-state index contributed by atoms with van der Waals surface area (Å²) in [7, 11) is 0. The molecule has 0 aliphatic carbocycles. The van der Waals surface area contributed by atoms with Crippen LogP contribution in [0.2, 0.25) is 0 Å². The Kier molecular flexibility index (Phi) is 4.69. The van der Waals surface area contributed by atoms with Crippen molar-refractivity contribution in [3.8, 4) is 0 Å². The van der Waals surface area contributed by atoms with Crippen LogP contribution in [0, 0.1) is 12.7 Å². The van der Waals surface area contributed by atoms with E-state index in [0.29, 0.717) is 19.1 Å². The van der Waals surface area contributed by atoms with E-state index in [-0.39, 0.29) is 17.4 Å². The van der Waals surface area contributed by atoms with Gasteiger partial charge in [0.25, 0.3) is 5.91 Å². The molecule has 0 radical (unpaired) electrons. The molecular weight excluding hydrogens is 305 g/mol. The molecule has 128 valence electrons. The summed E-state index contributed by atoms with van der Waals surface area (Å²) in [5, 5.41) is 0. The van der Waals surface area contributed by atoms with Crippen LogP contribution in [0.5, 0.6) is 0 Å². The van der Waals surface area contributed by atoms with E-state index >= 15 is 0 Å². The summed E-state index contributed by atoms with van der Waals surface area (Å²) in [5.74, 6) is 0.561. The molecule has 1 aliphatic rings. The summed E-state index contributed by atoms with van der Waals surface area (Å²) in [6.07, 6.45) is 5.72. The van der Waals surface area contributed by atoms with E-state index in [1.54, 1.807) is 17.0 Å². The Bertz CT molecular complexity index is 738. The standard InChI is InChI=1S/C19H24FN3O/c1-13(2)23-10-8-21-18(23)15-5-4-9-22(12-15)19(24)16-7-6-14(3)11-17(16)20/h6-8,10-11,13,15H,4-5,9,12H2,1-3H3/t15-/m0/s1. The molecule has 2 aromatic rings. The molecule has 1 aromatic carbocycles. The predicted octanol–water partition coefficient (Wildman–Crippen LogP) is 3.93. The van der Waals surface area contributed by atoms with E-state index in [4.69, 9.17) is 0 Å². The molecule has 1 amide bonds. The van der Waals surface area contributed by atoms with Crippen molar-refractivity contribution in [3.63, 3.8) is 0 Å². The Labute approximate surface area is 142 Å². The zero-order valence-corrected chi connectivity index (χ0v) is 14.5. The largest absolute Gasteiger partial charge is 0.338 e. The number of nitrogens with zero attached hydrogens (tertiary/aromatic N) is 3. The summed E-state index contributed by atoms with van der Waals surface area (Å²) < 4.78 is 16.3. The third-order valence-corrected chi connectivity index (χ3v) is 4.68. The number of aryl methyl sites for hydroxylation is 1. The van der Waals surface area contributed by atoms with Crippen molar-refractivity contribution < 1.29 is 9.18 Å². The van der Waals surface area contributed by atoms with Crippen molar-refractivity contribution in [2.75, 3.05) is 13.1 Å². The third kappa shape index (κ3) is 3.21. The van der Waals surface area contributed by atoms with E-state index in [9.17, 15) is 9.18 Å². The van der Waals surface area contributed by atoms with Crippen LogP contribution in [0.4, 0.5) is 4.39 Å². The second-order valence-corrected chi connectivity index (χ2v) is 6.86. The Balaban J connectivity index is 1.80. The number of hydrogen-bond acceptors (Lipinski definition) is 2. The molecule has 0 unspecified atom stereocenters. The van der Waals surface area contributed by atoms with Crippen LogP contribution in [0.1, 0.15) is 60.4 Å². The summed E-state index contributed by atoms with van der Waals surface area (Å²) in [4.78, 5) is 19.0. The quantitative estimate of drug-likeness (QED) is 0.856. The van der Waals surface area contributed by atoms with Gasteiger partial charge in [0.1, 0.15) is 11.6 Å². The molecule has 0 N–H and O–H groups in total. The Hall–Kier alpha value is -2.17. The second-order valence-electron chi connectivity index (χ2n) is 6.86. The highest BCUT2D eigenvalue weighted by Gasteiger charge is 2.29. The van der Waals surface area contributed by atoms with Crippen molar-refractivity contribution in [1.82, 2.24) is 14.5 Å². The van der Waals surface area contributed by atoms with E-state index in [1.165, 1.54) is 6.07 Å². The topological polar surface area (TPSA) is 38.1 Å². The normalized spacial score (nSPS) is 18.2. The average Bonchev–Trinajstić information content (AvgIpc) is 3.04. The first-order valence-corrected chi connectivity index (χ1v) is 8.55. The first-order chi connectivity index (χ1) is 11.5. The van der Waals surface area contributed by atoms with E-state index in [0.717, 1.165) is 24.2 Å². The van der Waals surface area contributed by atoms with Gasteiger partial charge in [0, 0.05) is 37.4 Å². The summed E-state index contributed by atoms with van der Waals surface area (Å²) >= 11 is 0. The molecule has 1 atom stereocenters. The monoisotopic (exact) mass is 329 g/mol. The maximum atomic E-state index is 14.1. The number of likely N-dealkylation sites (tertiary alicyclic amines) is 1. The lowest BCUT2D eigenvalue weighted by Gasteiger charge is -2.33. The number of carbonyl (C=O) groups excluding carboxylic acids is 1. The van der Waals surface area contributed by atoms with Gasteiger partial charge in [-0.15, -0.1) is 0 Å². The maximum Gasteiger partial charge on any atom is 0.256 e. The van der Waals surface area contributed by atoms with Crippen LogP contribution >= 0.6 is 0 Å². The molecule has 0 saturated carbocycles. The zero-order chi connectivity index (χ0) is 17.3. The lowest BCUT2D eigenvalue weighted by atomic mass is 9.96. The van der Waals surface area contributed by atoms with Crippen molar-refractivity contribution in [1.29, 1.82) is 0 Å². The number of hydrogen-bond donors (Lipinski definition) is 0. The number of benzene rings is 1. The third-order valence-electron chi connectivity index (χ3n) is 4.68. The van der Waals surface area contributed by atoms with Crippen LogP contribution in [-0.2, 0) is 0 Å². The highest BCUT2D eigenvalue weighted by Crippen LogP contribution is 2.28. The minimum atomic E-state index is -0.439. The van der Waals surface area contributed by atoms with Gasteiger partial charge >= 0.3 is 0 Å². The molecule has 1 aromatic heterocycles. The number of rotatable bonds is 3. The smallest absolute Gasteiger partial charge is 0.256 e. The number of imidazole rings is 1. The molecule has 3 rings (SSSR count). The fourth-order valence-corrected chi connectivity index (χ4v) is 3.41. The summed E-state index contributed by atoms with van der Waals surface area (Å²) in [5.41, 5.74) is 0.980. The van der Waals surface area contributed by atoms with Crippen LogP contribution in [0.15, 0.2) is 30.6 Å².